The molecular weight excluding hydrogens is 284 g/mol. The highest BCUT2D eigenvalue weighted by molar-refractivity contribution is 7.13. The zero-order valence-electron chi connectivity index (χ0n) is 11.7. The number of hydrogen-bond donors (Lipinski definition) is 1. The Hall–Kier alpha value is -2.21. The molecule has 1 N–H and O–H groups in total. The molecule has 0 aliphatic rings. The first-order chi connectivity index (χ1) is 10.3. The molecule has 0 bridgehead atoms. The van der Waals surface area contributed by atoms with E-state index >= 15 is 0 Å². The van der Waals surface area contributed by atoms with Gasteiger partial charge in [-0.2, -0.15) is 0 Å². The number of azo groups is 1. The molecule has 5 nitrogen and oxygen atoms in total. The smallest absolute Gasteiger partial charge is 0.229 e. The molecule has 2 heterocycles. The lowest BCUT2D eigenvalue weighted by Gasteiger charge is -2.04. The van der Waals surface area contributed by atoms with Crippen molar-refractivity contribution in [1.29, 1.82) is 0 Å². The summed E-state index contributed by atoms with van der Waals surface area (Å²) in [6, 6.07) is 7.85. The van der Waals surface area contributed by atoms with Gasteiger partial charge in [-0.1, -0.05) is 31.5 Å². The predicted molar refractivity (Wildman–Crippen MR) is 84.8 cm³/mol. The van der Waals surface area contributed by atoms with E-state index in [0.29, 0.717) is 10.8 Å². The number of hydrogen-bond acceptors (Lipinski definition) is 5. The Bertz CT molecular complexity index is 761. The van der Waals surface area contributed by atoms with Crippen molar-refractivity contribution in [3.05, 3.63) is 35.8 Å². The highest BCUT2D eigenvalue weighted by Gasteiger charge is 2.15. The van der Waals surface area contributed by atoms with Crippen LogP contribution in [0.25, 0.3) is 10.9 Å². The van der Waals surface area contributed by atoms with E-state index < -0.39 is 0 Å². The molecule has 2 aromatic heterocycles. The van der Waals surface area contributed by atoms with E-state index in [1.807, 2.05) is 34.2 Å². The van der Waals surface area contributed by atoms with Crippen molar-refractivity contribution in [2.75, 3.05) is 0 Å². The van der Waals surface area contributed by atoms with Crippen molar-refractivity contribution in [2.45, 2.75) is 26.3 Å². The third-order valence-electron chi connectivity index (χ3n) is 3.31. The van der Waals surface area contributed by atoms with Gasteiger partial charge in [-0.15, -0.1) is 21.6 Å². The number of rotatable bonds is 5. The molecule has 0 fully saturated rings. The average Bonchev–Trinajstić information content (AvgIpc) is 3.10. The van der Waals surface area contributed by atoms with Crippen LogP contribution >= 0.6 is 11.3 Å². The molecule has 0 radical (unpaired) electrons. The fourth-order valence-corrected chi connectivity index (χ4v) is 2.72. The van der Waals surface area contributed by atoms with Crippen LogP contribution in [-0.4, -0.2) is 14.7 Å². The summed E-state index contributed by atoms with van der Waals surface area (Å²) in [4.78, 5) is 4.07. The number of nitrogens with zero attached hydrogens (tertiary/aromatic N) is 4. The maximum atomic E-state index is 10.5. The van der Waals surface area contributed by atoms with E-state index in [1.54, 1.807) is 6.20 Å². The first-order valence-corrected chi connectivity index (χ1v) is 7.80. The molecule has 3 rings (SSSR count). The summed E-state index contributed by atoms with van der Waals surface area (Å²) >= 11 is 1.41. The Kier molecular flexibility index (Phi) is 3.96. The number of aromatic nitrogens is 2. The third-order valence-corrected chi connectivity index (χ3v) is 3.96. The lowest BCUT2D eigenvalue weighted by molar-refractivity contribution is 0.418. The van der Waals surface area contributed by atoms with Gasteiger partial charge in [0.1, 0.15) is 0 Å². The lowest BCUT2D eigenvalue weighted by Crippen LogP contribution is -1.96. The SMILES string of the molecule is CCCCn1c(O)c(N=Nc2nccs2)c2ccccc21. The predicted octanol–water partition coefficient (Wildman–Crippen LogP) is 5.02. The van der Waals surface area contributed by atoms with Crippen LogP contribution in [0.15, 0.2) is 46.1 Å². The fraction of sp³-hybridized carbons (Fsp3) is 0.267. The standard InChI is InChI=1S/C15H16N4OS/c1-2-3-9-19-12-7-5-4-6-11(12)13(14(19)20)17-18-15-16-8-10-21-15/h4-8,10,20H,2-3,9H2,1H3. The van der Waals surface area contributed by atoms with Gasteiger partial charge in [-0.05, 0) is 12.5 Å². The van der Waals surface area contributed by atoms with Crippen LogP contribution in [0.2, 0.25) is 0 Å². The van der Waals surface area contributed by atoms with E-state index in [4.69, 9.17) is 0 Å². The summed E-state index contributed by atoms with van der Waals surface area (Å²) in [5, 5.41) is 22.1. The van der Waals surface area contributed by atoms with Crippen molar-refractivity contribution in [2.24, 2.45) is 10.2 Å². The van der Waals surface area contributed by atoms with E-state index in [1.165, 1.54) is 11.3 Å². The Morgan fingerprint density at radius 2 is 2.14 bits per heavy atom. The van der Waals surface area contributed by atoms with Crippen LogP contribution in [0.4, 0.5) is 10.8 Å². The van der Waals surface area contributed by atoms with Gasteiger partial charge in [0.15, 0.2) is 5.69 Å². The Morgan fingerprint density at radius 3 is 2.90 bits per heavy atom. The highest BCUT2D eigenvalue weighted by Crippen LogP contribution is 2.39. The summed E-state index contributed by atoms with van der Waals surface area (Å²) in [5.41, 5.74) is 1.49. The Labute approximate surface area is 126 Å². The second-order valence-electron chi connectivity index (χ2n) is 4.71. The molecule has 108 valence electrons. The molecule has 0 spiro atoms. The maximum absolute atomic E-state index is 10.5. The average molecular weight is 300 g/mol. The molecule has 0 amide bonds. The van der Waals surface area contributed by atoms with Gasteiger partial charge < -0.3 is 9.67 Å². The lowest BCUT2D eigenvalue weighted by atomic mass is 10.2. The molecule has 0 aliphatic heterocycles. The molecule has 0 atom stereocenters. The van der Waals surface area contributed by atoms with Crippen LogP contribution in [0.1, 0.15) is 19.8 Å². The summed E-state index contributed by atoms with van der Waals surface area (Å²) in [6.45, 7) is 2.90. The second kappa shape index (κ2) is 6.05. The number of para-hydroxylation sites is 1. The molecule has 3 aromatic rings. The summed E-state index contributed by atoms with van der Waals surface area (Å²) < 4.78 is 1.90. The van der Waals surface area contributed by atoms with E-state index in [-0.39, 0.29) is 5.88 Å². The molecule has 6 heteroatoms. The fourth-order valence-electron chi connectivity index (χ4n) is 2.27. The Balaban J connectivity index is 2.07. The van der Waals surface area contributed by atoms with Crippen molar-refractivity contribution in [1.82, 2.24) is 9.55 Å². The van der Waals surface area contributed by atoms with Gasteiger partial charge in [0.25, 0.3) is 0 Å². The van der Waals surface area contributed by atoms with Crippen molar-refractivity contribution in [3.8, 4) is 5.88 Å². The maximum Gasteiger partial charge on any atom is 0.229 e. The van der Waals surface area contributed by atoms with Crippen LogP contribution in [0.3, 0.4) is 0 Å². The second-order valence-corrected chi connectivity index (χ2v) is 5.58. The van der Waals surface area contributed by atoms with Gasteiger partial charge in [0, 0.05) is 23.5 Å². The molecule has 0 unspecified atom stereocenters. The van der Waals surface area contributed by atoms with Crippen LogP contribution in [-0.2, 0) is 6.54 Å². The minimum Gasteiger partial charge on any atom is -0.493 e. The largest absolute Gasteiger partial charge is 0.493 e. The zero-order chi connectivity index (χ0) is 14.7. The van der Waals surface area contributed by atoms with Gasteiger partial charge in [0.05, 0.1) is 5.52 Å². The quantitative estimate of drug-likeness (QED) is 0.672. The third kappa shape index (κ3) is 2.67. The number of aryl methyl sites for hydroxylation is 1. The first kappa shape index (κ1) is 13.8. The van der Waals surface area contributed by atoms with Crippen LogP contribution < -0.4 is 0 Å². The number of aromatic hydroxyl groups is 1. The number of benzene rings is 1. The minimum absolute atomic E-state index is 0.171. The van der Waals surface area contributed by atoms with Crippen LogP contribution in [0.5, 0.6) is 5.88 Å². The molecule has 0 aliphatic carbocycles. The molecular formula is C15H16N4OS. The molecule has 1 aromatic carbocycles. The van der Waals surface area contributed by atoms with Gasteiger partial charge >= 0.3 is 0 Å². The Morgan fingerprint density at radius 1 is 1.29 bits per heavy atom. The first-order valence-electron chi connectivity index (χ1n) is 6.92. The topological polar surface area (TPSA) is 62.8 Å². The van der Waals surface area contributed by atoms with Crippen molar-refractivity contribution >= 4 is 33.1 Å². The monoisotopic (exact) mass is 300 g/mol. The molecule has 0 saturated heterocycles. The van der Waals surface area contributed by atoms with Gasteiger partial charge in [0.2, 0.25) is 11.0 Å². The van der Waals surface area contributed by atoms with Crippen LogP contribution in [0, 0.1) is 0 Å². The van der Waals surface area contributed by atoms with Gasteiger partial charge in [-0.3, -0.25) is 0 Å². The van der Waals surface area contributed by atoms with E-state index in [2.05, 4.69) is 22.1 Å². The summed E-state index contributed by atoms with van der Waals surface area (Å²) in [6.07, 6.45) is 3.76. The normalized spacial score (nSPS) is 11.7. The number of fused-ring (bicyclic) bond motifs is 1. The number of thiazole rings is 1. The minimum atomic E-state index is 0.171. The van der Waals surface area contributed by atoms with Crippen molar-refractivity contribution < 1.29 is 5.11 Å². The van der Waals surface area contributed by atoms with E-state index in [9.17, 15) is 5.11 Å². The van der Waals surface area contributed by atoms with Crippen molar-refractivity contribution in [3.63, 3.8) is 0 Å². The molecule has 0 saturated carbocycles. The molecule has 21 heavy (non-hydrogen) atoms. The van der Waals surface area contributed by atoms with Gasteiger partial charge in [-0.25, -0.2) is 4.98 Å². The zero-order valence-corrected chi connectivity index (χ0v) is 12.5. The summed E-state index contributed by atoms with van der Waals surface area (Å²) in [7, 11) is 0. The summed E-state index contributed by atoms with van der Waals surface area (Å²) in [5.74, 6) is 0.171. The van der Waals surface area contributed by atoms with E-state index in [0.717, 1.165) is 30.3 Å². The highest BCUT2D eigenvalue weighted by atomic mass is 32.1. The number of unbranched alkanes of at least 4 members (excludes halogenated alkanes) is 1.